The van der Waals surface area contributed by atoms with Gasteiger partial charge in [-0.2, -0.15) is 5.10 Å². The predicted molar refractivity (Wildman–Crippen MR) is 141 cm³/mol. The van der Waals surface area contributed by atoms with Gasteiger partial charge in [0.2, 0.25) is 10.0 Å². The van der Waals surface area contributed by atoms with E-state index in [1.54, 1.807) is 36.4 Å². The van der Waals surface area contributed by atoms with E-state index in [0.29, 0.717) is 21.8 Å². The zero-order valence-electron chi connectivity index (χ0n) is 18.5. The van der Waals surface area contributed by atoms with Crippen molar-refractivity contribution >= 4 is 61.9 Å². The molecule has 178 valence electrons. The largest absolute Gasteiger partial charge is 0.271 e. The Labute approximate surface area is 213 Å². The Balaban J connectivity index is 1.47. The minimum Gasteiger partial charge on any atom is -0.267 e. The summed E-state index contributed by atoms with van der Waals surface area (Å²) in [6, 6.07) is 22.5. The molecule has 0 spiro atoms. The molecule has 0 saturated heterocycles. The first-order valence-corrected chi connectivity index (χ1v) is 13.0. The van der Waals surface area contributed by atoms with E-state index in [4.69, 9.17) is 23.2 Å². The first kappa shape index (κ1) is 24.7. The Bertz CT molecular complexity index is 1510. The molecule has 0 aliphatic rings. The molecule has 7 nitrogen and oxygen atoms in total. The summed E-state index contributed by atoms with van der Waals surface area (Å²) in [5.74, 6) is -0.457. The third kappa shape index (κ3) is 6.16. The highest BCUT2D eigenvalue weighted by Crippen LogP contribution is 2.22. The quantitative estimate of drug-likeness (QED) is 0.201. The summed E-state index contributed by atoms with van der Waals surface area (Å²) >= 11 is 12.1. The van der Waals surface area contributed by atoms with Crippen LogP contribution in [0.4, 0.5) is 5.69 Å². The van der Waals surface area contributed by atoms with E-state index in [0.717, 1.165) is 22.7 Å². The van der Waals surface area contributed by atoms with E-state index in [1.165, 1.54) is 22.7 Å². The van der Waals surface area contributed by atoms with Gasteiger partial charge in [0.25, 0.3) is 5.91 Å². The second kappa shape index (κ2) is 10.4. The highest BCUT2D eigenvalue weighted by molar-refractivity contribution is 7.92. The van der Waals surface area contributed by atoms with E-state index < -0.39 is 15.9 Å². The molecule has 0 saturated carbocycles. The third-order valence-corrected chi connectivity index (χ3v) is 6.83. The topological polar surface area (TPSA) is 91.7 Å². The number of rotatable bonds is 7. The molecule has 0 radical (unpaired) electrons. The molecule has 0 aliphatic carbocycles. The molecule has 0 aliphatic heterocycles. The molecule has 1 N–H and O–H groups in total. The van der Waals surface area contributed by atoms with Crippen LogP contribution in [0.1, 0.15) is 21.5 Å². The Morgan fingerprint density at radius 3 is 2.40 bits per heavy atom. The number of halogens is 2. The number of carbonyl (C=O) groups excluding carboxylic acids is 1. The fourth-order valence-corrected chi connectivity index (χ4v) is 4.57. The molecule has 3 aromatic carbocycles. The molecular formula is C25H20Cl2N4O3S. The molecule has 35 heavy (non-hydrogen) atoms. The van der Waals surface area contributed by atoms with Gasteiger partial charge < -0.3 is 0 Å². The van der Waals surface area contributed by atoms with Gasteiger partial charge >= 0.3 is 0 Å². The van der Waals surface area contributed by atoms with Gasteiger partial charge in [-0.1, -0.05) is 53.5 Å². The Kier molecular flexibility index (Phi) is 7.35. The Hall–Kier alpha value is -3.46. The maximum absolute atomic E-state index is 12.5. The molecular weight excluding hydrogens is 507 g/mol. The summed E-state index contributed by atoms with van der Waals surface area (Å²) in [5, 5.41) is 5.71. The average Bonchev–Trinajstić information content (AvgIpc) is 2.83. The van der Waals surface area contributed by atoms with Crippen molar-refractivity contribution in [3.05, 3.63) is 106 Å². The summed E-state index contributed by atoms with van der Waals surface area (Å²) in [5.41, 5.74) is 5.29. The maximum atomic E-state index is 12.5. The summed E-state index contributed by atoms with van der Waals surface area (Å²) < 4.78 is 26.0. The number of nitrogens with zero attached hydrogens (tertiary/aromatic N) is 3. The number of benzene rings is 3. The standard InChI is InChI=1S/C25H20Cl2N4O3S/c1-35(33,34)31(16-17-6-10-21(26)11-7-17)22-12-8-18(9-13-22)25(32)30-28-15-20-14-19-4-2-3-5-23(19)29-24(20)27/h2-15H,16H2,1H3,(H,30,32)/b28-15-. The van der Waals surface area contributed by atoms with Crippen molar-refractivity contribution in [3.63, 3.8) is 0 Å². The zero-order chi connectivity index (χ0) is 25.0. The first-order valence-electron chi connectivity index (χ1n) is 10.4. The van der Waals surface area contributed by atoms with E-state index >= 15 is 0 Å². The second-order valence-electron chi connectivity index (χ2n) is 7.70. The maximum Gasteiger partial charge on any atom is 0.271 e. The number of hydrogen-bond acceptors (Lipinski definition) is 5. The number of hydrogen-bond donors (Lipinski definition) is 1. The zero-order valence-corrected chi connectivity index (χ0v) is 20.8. The van der Waals surface area contributed by atoms with Crippen LogP contribution in [0.25, 0.3) is 10.9 Å². The number of sulfonamides is 1. The number of nitrogens with one attached hydrogen (secondary N) is 1. The highest BCUT2D eigenvalue weighted by atomic mass is 35.5. The van der Waals surface area contributed by atoms with Crippen LogP contribution in [0, 0.1) is 0 Å². The molecule has 0 unspecified atom stereocenters. The van der Waals surface area contributed by atoms with Gasteiger partial charge in [0.1, 0.15) is 5.15 Å². The van der Waals surface area contributed by atoms with E-state index in [2.05, 4.69) is 15.5 Å². The fourth-order valence-electron chi connectivity index (χ4n) is 3.36. The molecule has 4 rings (SSSR count). The van der Waals surface area contributed by atoms with Gasteiger partial charge in [-0.15, -0.1) is 0 Å². The van der Waals surface area contributed by atoms with Crippen LogP contribution in [0.3, 0.4) is 0 Å². The van der Waals surface area contributed by atoms with Crippen molar-refractivity contribution in [2.75, 3.05) is 10.6 Å². The molecule has 4 aromatic rings. The molecule has 10 heteroatoms. The number of amides is 1. The summed E-state index contributed by atoms with van der Waals surface area (Å²) in [6.45, 7) is 0.131. The lowest BCUT2D eigenvalue weighted by Gasteiger charge is -2.22. The van der Waals surface area contributed by atoms with Crippen LogP contribution in [0.5, 0.6) is 0 Å². The summed E-state index contributed by atoms with van der Waals surface area (Å²) in [6.07, 6.45) is 2.55. The highest BCUT2D eigenvalue weighted by Gasteiger charge is 2.18. The van der Waals surface area contributed by atoms with Crippen LogP contribution >= 0.6 is 23.2 Å². The van der Waals surface area contributed by atoms with Crippen molar-refractivity contribution in [2.24, 2.45) is 5.10 Å². The number of para-hydroxylation sites is 1. The van der Waals surface area contributed by atoms with E-state index in [9.17, 15) is 13.2 Å². The van der Waals surface area contributed by atoms with Crippen molar-refractivity contribution < 1.29 is 13.2 Å². The molecule has 0 bridgehead atoms. The Morgan fingerprint density at radius 1 is 1.03 bits per heavy atom. The lowest BCUT2D eigenvalue weighted by molar-refractivity contribution is 0.0955. The number of pyridine rings is 1. The van der Waals surface area contributed by atoms with Crippen LogP contribution in [-0.4, -0.2) is 31.8 Å². The van der Waals surface area contributed by atoms with Crippen LogP contribution in [0.2, 0.25) is 10.2 Å². The normalized spacial score (nSPS) is 11.6. The molecule has 1 aromatic heterocycles. The lowest BCUT2D eigenvalue weighted by atomic mass is 10.2. The van der Waals surface area contributed by atoms with Crippen molar-refractivity contribution in [3.8, 4) is 0 Å². The van der Waals surface area contributed by atoms with Gasteiger partial charge in [0, 0.05) is 21.5 Å². The third-order valence-electron chi connectivity index (χ3n) is 5.13. The number of fused-ring (bicyclic) bond motifs is 1. The number of anilines is 1. The lowest BCUT2D eigenvalue weighted by Crippen LogP contribution is -2.29. The van der Waals surface area contributed by atoms with Crippen molar-refractivity contribution in [1.82, 2.24) is 10.4 Å². The van der Waals surface area contributed by atoms with Crippen LogP contribution in [0.15, 0.2) is 84.0 Å². The predicted octanol–water partition coefficient (Wildman–Crippen LogP) is 5.27. The monoisotopic (exact) mass is 526 g/mol. The van der Waals surface area contributed by atoms with E-state index in [1.807, 2.05) is 30.3 Å². The number of hydrazone groups is 1. The van der Waals surface area contributed by atoms with Crippen molar-refractivity contribution in [2.45, 2.75) is 6.54 Å². The molecule has 1 heterocycles. The number of carbonyl (C=O) groups is 1. The second-order valence-corrected chi connectivity index (χ2v) is 10.4. The minimum absolute atomic E-state index is 0.131. The van der Waals surface area contributed by atoms with Gasteiger partial charge in [-0.05, 0) is 54.1 Å². The minimum atomic E-state index is -3.57. The molecule has 0 fully saturated rings. The van der Waals surface area contributed by atoms with E-state index in [-0.39, 0.29) is 11.7 Å². The van der Waals surface area contributed by atoms with Crippen LogP contribution < -0.4 is 9.73 Å². The van der Waals surface area contributed by atoms with Gasteiger partial charge in [-0.25, -0.2) is 18.8 Å². The number of aromatic nitrogens is 1. The Morgan fingerprint density at radius 2 is 1.71 bits per heavy atom. The van der Waals surface area contributed by atoms with Gasteiger partial charge in [-0.3, -0.25) is 9.10 Å². The average molecular weight is 527 g/mol. The smallest absolute Gasteiger partial charge is 0.267 e. The van der Waals surface area contributed by atoms with Crippen LogP contribution in [-0.2, 0) is 16.6 Å². The molecule has 0 atom stereocenters. The van der Waals surface area contributed by atoms with Crippen molar-refractivity contribution in [1.29, 1.82) is 0 Å². The fraction of sp³-hybridized carbons (Fsp3) is 0.0800. The van der Waals surface area contributed by atoms with Gasteiger partial charge in [0.05, 0.1) is 30.2 Å². The summed E-state index contributed by atoms with van der Waals surface area (Å²) in [4.78, 5) is 16.8. The SMILES string of the molecule is CS(=O)(=O)N(Cc1ccc(Cl)cc1)c1ccc(C(=O)N/N=C\c2cc3ccccc3nc2Cl)cc1. The first-order chi connectivity index (χ1) is 16.7. The molecule has 1 amide bonds. The summed E-state index contributed by atoms with van der Waals surface area (Å²) in [7, 11) is -3.57. The van der Waals surface area contributed by atoms with Gasteiger partial charge in [0.15, 0.2) is 0 Å².